The Balaban J connectivity index is 0.00000400. The Labute approximate surface area is 133 Å². The number of aryl methyl sites for hydroxylation is 1. The predicted molar refractivity (Wildman–Crippen MR) is 88.9 cm³/mol. The Morgan fingerprint density at radius 3 is 2.52 bits per heavy atom. The molecule has 1 aromatic carbocycles. The zero-order chi connectivity index (χ0) is 15.2. The van der Waals surface area contributed by atoms with Crippen LogP contribution in [-0.2, 0) is 14.9 Å². The summed E-state index contributed by atoms with van der Waals surface area (Å²) in [6.45, 7) is 7.30. The lowest BCUT2D eigenvalue weighted by atomic mass is 9.82. The number of nitrogens with two attached hydrogens (primary N) is 1. The van der Waals surface area contributed by atoms with Crippen LogP contribution >= 0.6 is 12.4 Å². The van der Waals surface area contributed by atoms with Gasteiger partial charge in [0.1, 0.15) is 0 Å². The van der Waals surface area contributed by atoms with Gasteiger partial charge >= 0.3 is 0 Å². The summed E-state index contributed by atoms with van der Waals surface area (Å²) in [6.07, 6.45) is 0.0909. The van der Waals surface area contributed by atoms with Gasteiger partial charge in [-0.25, -0.2) is 0 Å². The molecule has 1 rings (SSSR count). The Hall–Kier alpha value is -1.10. The van der Waals surface area contributed by atoms with Crippen molar-refractivity contribution in [2.24, 2.45) is 5.73 Å². The second-order valence-electron chi connectivity index (χ2n) is 5.77. The summed E-state index contributed by atoms with van der Waals surface area (Å²) < 4.78 is 5.12. The minimum absolute atomic E-state index is 0. The molecule has 0 aliphatic carbocycles. The number of carbonyl (C=O) groups is 1. The van der Waals surface area contributed by atoms with E-state index < -0.39 is 0 Å². The van der Waals surface area contributed by atoms with Gasteiger partial charge in [-0.2, -0.15) is 0 Å². The second-order valence-corrected chi connectivity index (χ2v) is 5.77. The Bertz CT molecular complexity index is 446. The number of halogens is 1. The average Bonchev–Trinajstić information content (AvgIpc) is 2.43. The van der Waals surface area contributed by atoms with E-state index >= 15 is 0 Å². The van der Waals surface area contributed by atoms with Gasteiger partial charge in [-0.15, -0.1) is 12.4 Å². The first-order valence-electron chi connectivity index (χ1n) is 6.96. The number of amides is 1. The van der Waals surface area contributed by atoms with Gasteiger partial charge in [0.25, 0.3) is 0 Å². The third kappa shape index (κ3) is 6.04. The Morgan fingerprint density at radius 1 is 1.38 bits per heavy atom. The molecule has 1 aromatic rings. The van der Waals surface area contributed by atoms with E-state index in [-0.39, 0.29) is 29.8 Å². The van der Waals surface area contributed by atoms with Crippen LogP contribution in [0.4, 0.5) is 0 Å². The fraction of sp³-hybridized carbons (Fsp3) is 0.562. The van der Waals surface area contributed by atoms with Gasteiger partial charge in [-0.05, 0) is 18.1 Å². The number of hydrogen-bond acceptors (Lipinski definition) is 3. The molecule has 0 aromatic heterocycles. The summed E-state index contributed by atoms with van der Waals surface area (Å²) in [5.74, 6) is -0.0241. The molecule has 3 N–H and O–H groups in total. The summed E-state index contributed by atoms with van der Waals surface area (Å²) in [4.78, 5) is 11.9. The Kier molecular flexibility index (Phi) is 8.55. The zero-order valence-electron chi connectivity index (χ0n) is 13.3. The summed E-state index contributed by atoms with van der Waals surface area (Å²) >= 11 is 0. The molecule has 0 aliphatic rings. The molecule has 0 saturated heterocycles. The van der Waals surface area contributed by atoms with E-state index in [1.807, 2.05) is 12.1 Å². The predicted octanol–water partition coefficient (Wildman–Crippen LogP) is 2.17. The van der Waals surface area contributed by atoms with E-state index in [0.29, 0.717) is 19.5 Å². The second kappa shape index (κ2) is 9.03. The minimum atomic E-state index is -0.212. The summed E-state index contributed by atoms with van der Waals surface area (Å²) in [5, 5.41) is 2.97. The lowest BCUT2D eigenvalue weighted by molar-refractivity contribution is -0.123. The molecule has 1 unspecified atom stereocenters. The van der Waals surface area contributed by atoms with Crippen LogP contribution in [0.25, 0.3) is 0 Å². The maximum Gasteiger partial charge on any atom is 0.222 e. The molecule has 1 amide bonds. The number of rotatable bonds is 7. The number of carbonyl (C=O) groups excluding carboxylic acids is 1. The van der Waals surface area contributed by atoms with Gasteiger partial charge in [0.2, 0.25) is 5.91 Å². The quantitative estimate of drug-likeness (QED) is 0.810. The fourth-order valence-electron chi connectivity index (χ4n) is 2.29. The fourth-order valence-corrected chi connectivity index (χ4v) is 2.29. The summed E-state index contributed by atoms with van der Waals surface area (Å²) in [5.41, 5.74) is 7.91. The number of ether oxygens (including phenoxy) is 1. The molecule has 0 heterocycles. The van der Waals surface area contributed by atoms with Crippen molar-refractivity contribution in [1.29, 1.82) is 0 Å². The van der Waals surface area contributed by atoms with Crippen molar-refractivity contribution in [3.63, 3.8) is 0 Å². The third-order valence-corrected chi connectivity index (χ3v) is 3.61. The van der Waals surface area contributed by atoms with Crippen LogP contribution in [0.2, 0.25) is 0 Å². The third-order valence-electron chi connectivity index (χ3n) is 3.61. The van der Waals surface area contributed by atoms with Crippen LogP contribution in [0.1, 0.15) is 31.4 Å². The van der Waals surface area contributed by atoms with Crippen molar-refractivity contribution in [1.82, 2.24) is 5.32 Å². The van der Waals surface area contributed by atoms with E-state index in [9.17, 15) is 4.79 Å². The van der Waals surface area contributed by atoms with Gasteiger partial charge in [0, 0.05) is 25.6 Å². The lowest BCUT2D eigenvalue weighted by Gasteiger charge is -2.27. The van der Waals surface area contributed by atoms with Crippen LogP contribution in [0.5, 0.6) is 0 Å². The average molecular weight is 315 g/mol. The normalized spacial score (nSPS) is 12.4. The molecule has 5 heteroatoms. The van der Waals surface area contributed by atoms with E-state index in [4.69, 9.17) is 10.5 Å². The molecule has 4 nitrogen and oxygen atoms in total. The van der Waals surface area contributed by atoms with Gasteiger partial charge in [-0.3, -0.25) is 4.79 Å². The number of nitrogens with one attached hydrogen (secondary N) is 1. The minimum Gasteiger partial charge on any atom is -0.380 e. The van der Waals surface area contributed by atoms with Gasteiger partial charge < -0.3 is 15.8 Å². The smallest absolute Gasteiger partial charge is 0.222 e. The largest absolute Gasteiger partial charge is 0.380 e. The van der Waals surface area contributed by atoms with Crippen LogP contribution in [0, 0.1) is 6.92 Å². The molecular formula is C16H27ClN2O2. The highest BCUT2D eigenvalue weighted by Crippen LogP contribution is 2.25. The van der Waals surface area contributed by atoms with Crippen LogP contribution in [-0.4, -0.2) is 32.2 Å². The number of hydrogen-bond donors (Lipinski definition) is 2. The maximum absolute atomic E-state index is 11.9. The highest BCUT2D eigenvalue weighted by Gasteiger charge is 2.23. The summed E-state index contributed by atoms with van der Waals surface area (Å²) in [6, 6.07) is 8.26. The van der Waals surface area contributed by atoms with E-state index in [0.717, 1.165) is 0 Å². The molecule has 0 saturated carbocycles. The molecule has 0 fully saturated rings. The van der Waals surface area contributed by atoms with Crippen molar-refractivity contribution in [3.05, 3.63) is 35.4 Å². The van der Waals surface area contributed by atoms with Crippen LogP contribution in [0.15, 0.2) is 24.3 Å². The molecule has 0 bridgehead atoms. The lowest BCUT2D eigenvalue weighted by Crippen LogP contribution is -2.39. The Morgan fingerprint density at radius 2 is 2.00 bits per heavy atom. The topological polar surface area (TPSA) is 64.3 Å². The highest BCUT2D eigenvalue weighted by atomic mass is 35.5. The van der Waals surface area contributed by atoms with Crippen molar-refractivity contribution in [2.75, 3.05) is 20.2 Å². The van der Waals surface area contributed by atoms with Gasteiger partial charge in [-0.1, -0.05) is 38.1 Å². The first-order chi connectivity index (χ1) is 9.40. The van der Waals surface area contributed by atoms with Crippen LogP contribution < -0.4 is 11.1 Å². The van der Waals surface area contributed by atoms with Crippen molar-refractivity contribution >= 4 is 18.3 Å². The van der Waals surface area contributed by atoms with E-state index in [1.54, 1.807) is 7.11 Å². The van der Waals surface area contributed by atoms with Crippen molar-refractivity contribution in [2.45, 2.75) is 38.7 Å². The molecule has 120 valence electrons. The van der Waals surface area contributed by atoms with Crippen molar-refractivity contribution < 1.29 is 9.53 Å². The molecule has 1 atom stereocenters. The van der Waals surface area contributed by atoms with E-state index in [1.165, 1.54) is 11.1 Å². The van der Waals surface area contributed by atoms with Crippen molar-refractivity contribution in [3.8, 4) is 0 Å². The monoisotopic (exact) mass is 314 g/mol. The van der Waals surface area contributed by atoms with Gasteiger partial charge in [0.15, 0.2) is 0 Å². The first kappa shape index (κ1) is 19.9. The molecule has 21 heavy (non-hydrogen) atoms. The molecule has 0 aliphatic heterocycles. The number of benzene rings is 1. The SMILES string of the molecule is COC(CN)CC(=O)NCC(C)(C)c1ccccc1C.Cl. The summed E-state index contributed by atoms with van der Waals surface area (Å²) in [7, 11) is 1.57. The maximum atomic E-state index is 11.9. The molecular weight excluding hydrogens is 288 g/mol. The number of methoxy groups -OCH3 is 1. The molecule has 0 spiro atoms. The van der Waals surface area contributed by atoms with Gasteiger partial charge in [0.05, 0.1) is 12.5 Å². The first-order valence-corrected chi connectivity index (χ1v) is 6.96. The standard InChI is InChI=1S/C16H26N2O2.ClH/c1-12-7-5-6-8-14(12)16(2,3)11-18-15(19)9-13(10-17)20-4;/h5-8,13H,9-11,17H2,1-4H3,(H,18,19);1H. The van der Waals surface area contributed by atoms with E-state index in [2.05, 4.69) is 38.2 Å². The highest BCUT2D eigenvalue weighted by molar-refractivity contribution is 5.85. The van der Waals surface area contributed by atoms with Crippen LogP contribution in [0.3, 0.4) is 0 Å². The molecule has 0 radical (unpaired) electrons. The zero-order valence-corrected chi connectivity index (χ0v) is 14.1.